The summed E-state index contributed by atoms with van der Waals surface area (Å²) in [6, 6.07) is 8.04. The Balaban J connectivity index is 2.53. The van der Waals surface area contributed by atoms with Gasteiger partial charge in [0.15, 0.2) is 0 Å². The molecular weight excluding hydrogens is 226 g/mol. The van der Waals surface area contributed by atoms with Crippen LogP contribution >= 0.6 is 0 Å². The normalized spacial score (nSPS) is 10.9. The first-order chi connectivity index (χ1) is 8.52. The number of nitrogens with two attached hydrogens (primary N) is 1. The molecule has 96 valence electrons. The molecule has 0 radical (unpaired) electrons. The Bertz CT molecular complexity index is 558. The van der Waals surface area contributed by atoms with Crippen LogP contribution in [0.5, 0.6) is 5.75 Å². The summed E-state index contributed by atoms with van der Waals surface area (Å²) in [5, 5.41) is 4.17. The molecule has 18 heavy (non-hydrogen) atoms. The highest BCUT2D eigenvalue weighted by molar-refractivity contribution is 5.65. The topological polar surface area (TPSA) is 53.1 Å². The lowest BCUT2D eigenvalue weighted by molar-refractivity contribution is 0.407. The monoisotopic (exact) mass is 245 g/mol. The van der Waals surface area contributed by atoms with Crippen molar-refractivity contribution in [2.24, 2.45) is 7.05 Å². The van der Waals surface area contributed by atoms with Crippen molar-refractivity contribution in [1.29, 1.82) is 0 Å². The van der Waals surface area contributed by atoms with Gasteiger partial charge in [-0.05, 0) is 29.7 Å². The summed E-state index contributed by atoms with van der Waals surface area (Å²) >= 11 is 0. The van der Waals surface area contributed by atoms with Crippen LogP contribution in [0, 0.1) is 0 Å². The molecule has 0 aliphatic carbocycles. The molecule has 2 rings (SSSR count). The zero-order valence-corrected chi connectivity index (χ0v) is 11.3. The molecule has 1 aromatic heterocycles. The van der Waals surface area contributed by atoms with Crippen molar-refractivity contribution < 1.29 is 4.74 Å². The average Bonchev–Trinajstić information content (AvgIpc) is 2.67. The number of methoxy groups -OCH3 is 1. The first kappa shape index (κ1) is 12.5. The summed E-state index contributed by atoms with van der Waals surface area (Å²) in [6.45, 7) is 4.30. The van der Waals surface area contributed by atoms with E-state index in [0.29, 0.717) is 11.7 Å². The number of anilines is 1. The second-order valence-electron chi connectivity index (χ2n) is 4.69. The van der Waals surface area contributed by atoms with E-state index in [4.69, 9.17) is 10.5 Å². The number of ether oxygens (including phenoxy) is 1. The van der Waals surface area contributed by atoms with Crippen LogP contribution in [0.4, 0.5) is 5.82 Å². The van der Waals surface area contributed by atoms with Gasteiger partial charge in [0.2, 0.25) is 0 Å². The molecule has 0 fully saturated rings. The smallest absolute Gasteiger partial charge is 0.146 e. The van der Waals surface area contributed by atoms with Gasteiger partial charge >= 0.3 is 0 Å². The van der Waals surface area contributed by atoms with Gasteiger partial charge in [0, 0.05) is 18.7 Å². The molecule has 0 aliphatic heterocycles. The number of nitrogen functional groups attached to an aromatic ring is 1. The Morgan fingerprint density at radius 2 is 2.00 bits per heavy atom. The second kappa shape index (κ2) is 4.72. The molecule has 0 bridgehead atoms. The quantitative estimate of drug-likeness (QED) is 0.904. The van der Waals surface area contributed by atoms with Crippen molar-refractivity contribution in [3.05, 3.63) is 29.8 Å². The van der Waals surface area contributed by atoms with Gasteiger partial charge < -0.3 is 10.5 Å². The van der Waals surface area contributed by atoms with E-state index < -0.39 is 0 Å². The molecule has 0 saturated carbocycles. The first-order valence-corrected chi connectivity index (χ1v) is 6.00. The number of nitrogens with zero attached hydrogens (tertiary/aromatic N) is 2. The number of rotatable bonds is 3. The molecule has 1 heterocycles. The van der Waals surface area contributed by atoms with Crippen LogP contribution in [-0.2, 0) is 7.05 Å². The van der Waals surface area contributed by atoms with Gasteiger partial charge in [-0.15, -0.1) is 0 Å². The molecule has 2 aromatic rings. The van der Waals surface area contributed by atoms with Crippen LogP contribution in [0.2, 0.25) is 0 Å². The van der Waals surface area contributed by atoms with Crippen LogP contribution in [0.3, 0.4) is 0 Å². The van der Waals surface area contributed by atoms with Crippen molar-refractivity contribution in [2.45, 2.75) is 19.8 Å². The minimum atomic E-state index is 0.408. The summed E-state index contributed by atoms with van der Waals surface area (Å²) in [5.74, 6) is 1.86. The molecule has 2 N–H and O–H groups in total. The Kier molecular flexibility index (Phi) is 3.28. The molecule has 0 aliphatic rings. The standard InChI is InChI=1S/C14H19N3O/c1-9(2)11-7-10(5-6-13(11)18-4)12-8-14(15)16-17(12)3/h5-9H,1-4H3,(H2,15,16). The van der Waals surface area contributed by atoms with Gasteiger partial charge in [0.1, 0.15) is 11.6 Å². The minimum absolute atomic E-state index is 0.408. The molecule has 0 atom stereocenters. The summed E-state index contributed by atoms with van der Waals surface area (Å²) < 4.78 is 7.18. The van der Waals surface area contributed by atoms with Crippen molar-refractivity contribution in [2.75, 3.05) is 12.8 Å². The Morgan fingerprint density at radius 1 is 1.28 bits per heavy atom. The van der Waals surface area contributed by atoms with Crippen LogP contribution < -0.4 is 10.5 Å². The molecule has 1 aromatic carbocycles. The molecule has 0 spiro atoms. The third-order valence-corrected chi connectivity index (χ3v) is 3.05. The number of benzene rings is 1. The van der Waals surface area contributed by atoms with E-state index >= 15 is 0 Å². The average molecular weight is 245 g/mol. The number of hydrogen-bond donors (Lipinski definition) is 1. The maximum atomic E-state index is 5.71. The third-order valence-electron chi connectivity index (χ3n) is 3.05. The van der Waals surface area contributed by atoms with Crippen LogP contribution in [-0.4, -0.2) is 16.9 Å². The minimum Gasteiger partial charge on any atom is -0.496 e. The van der Waals surface area contributed by atoms with Crippen LogP contribution in [0.25, 0.3) is 11.3 Å². The largest absolute Gasteiger partial charge is 0.496 e. The number of aryl methyl sites for hydroxylation is 1. The van der Waals surface area contributed by atoms with Gasteiger partial charge in [-0.25, -0.2) is 0 Å². The highest BCUT2D eigenvalue weighted by atomic mass is 16.5. The lowest BCUT2D eigenvalue weighted by atomic mass is 9.98. The van der Waals surface area contributed by atoms with Crippen molar-refractivity contribution in [1.82, 2.24) is 9.78 Å². The van der Waals surface area contributed by atoms with Crippen LogP contribution in [0.1, 0.15) is 25.3 Å². The third kappa shape index (κ3) is 2.18. The highest BCUT2D eigenvalue weighted by Gasteiger charge is 2.11. The maximum absolute atomic E-state index is 5.71. The molecule has 0 unspecified atom stereocenters. The van der Waals surface area contributed by atoms with E-state index in [0.717, 1.165) is 17.0 Å². The summed E-state index contributed by atoms with van der Waals surface area (Å²) in [7, 11) is 3.59. The number of aromatic nitrogens is 2. The van der Waals surface area contributed by atoms with E-state index in [1.165, 1.54) is 5.56 Å². The van der Waals surface area contributed by atoms with Gasteiger partial charge in [-0.2, -0.15) is 5.10 Å². The van der Waals surface area contributed by atoms with Gasteiger partial charge in [0.25, 0.3) is 0 Å². The summed E-state index contributed by atoms with van der Waals surface area (Å²) in [5.41, 5.74) is 9.02. The fourth-order valence-electron chi connectivity index (χ4n) is 2.10. The lowest BCUT2D eigenvalue weighted by Gasteiger charge is -2.13. The Morgan fingerprint density at radius 3 is 2.50 bits per heavy atom. The maximum Gasteiger partial charge on any atom is 0.146 e. The van der Waals surface area contributed by atoms with Gasteiger partial charge in [0.05, 0.1) is 12.8 Å². The SMILES string of the molecule is COc1ccc(-c2cc(N)nn2C)cc1C(C)C. The molecule has 0 amide bonds. The summed E-state index contributed by atoms with van der Waals surface area (Å²) in [4.78, 5) is 0. The predicted molar refractivity (Wildman–Crippen MR) is 73.7 cm³/mol. The molecule has 4 heteroatoms. The summed E-state index contributed by atoms with van der Waals surface area (Å²) in [6.07, 6.45) is 0. The predicted octanol–water partition coefficient (Wildman–Crippen LogP) is 2.80. The zero-order chi connectivity index (χ0) is 13.3. The fraction of sp³-hybridized carbons (Fsp3) is 0.357. The molecule has 4 nitrogen and oxygen atoms in total. The van der Waals surface area contributed by atoms with Gasteiger partial charge in [-0.3, -0.25) is 4.68 Å². The van der Waals surface area contributed by atoms with Crippen molar-refractivity contribution in [3.63, 3.8) is 0 Å². The second-order valence-corrected chi connectivity index (χ2v) is 4.69. The van der Waals surface area contributed by atoms with Crippen molar-refractivity contribution >= 4 is 5.82 Å². The molecular formula is C14H19N3O. The Hall–Kier alpha value is -1.97. The van der Waals surface area contributed by atoms with Crippen molar-refractivity contribution in [3.8, 4) is 17.0 Å². The number of hydrogen-bond acceptors (Lipinski definition) is 3. The highest BCUT2D eigenvalue weighted by Crippen LogP contribution is 2.31. The van der Waals surface area contributed by atoms with E-state index in [1.807, 2.05) is 25.2 Å². The Labute approximate surface area is 107 Å². The fourth-order valence-corrected chi connectivity index (χ4v) is 2.10. The van der Waals surface area contributed by atoms with Gasteiger partial charge in [-0.1, -0.05) is 13.8 Å². The lowest BCUT2D eigenvalue weighted by Crippen LogP contribution is -1.98. The van der Waals surface area contributed by atoms with Crippen LogP contribution in [0.15, 0.2) is 24.3 Å². The molecule has 0 saturated heterocycles. The van der Waals surface area contributed by atoms with E-state index in [9.17, 15) is 0 Å². The zero-order valence-electron chi connectivity index (χ0n) is 11.3. The van der Waals surface area contributed by atoms with E-state index in [1.54, 1.807) is 11.8 Å². The van der Waals surface area contributed by atoms with E-state index in [2.05, 4.69) is 25.0 Å². The first-order valence-electron chi connectivity index (χ1n) is 6.00. The van der Waals surface area contributed by atoms with E-state index in [-0.39, 0.29) is 0 Å².